The van der Waals surface area contributed by atoms with Crippen LogP contribution in [0.25, 0.3) is 0 Å². The van der Waals surface area contributed by atoms with Crippen molar-refractivity contribution in [1.82, 2.24) is 4.90 Å². The number of nitrogens with two attached hydrogens (primary N) is 1. The summed E-state index contributed by atoms with van der Waals surface area (Å²) in [5, 5.41) is 0. The van der Waals surface area contributed by atoms with Gasteiger partial charge < -0.3 is 10.6 Å². The molecular weight excluding hydrogens is 248 g/mol. The fourth-order valence-corrected chi connectivity index (χ4v) is 4.75. The van der Waals surface area contributed by atoms with E-state index in [0.717, 1.165) is 25.3 Å². The highest BCUT2D eigenvalue weighted by Gasteiger charge is 2.39. The van der Waals surface area contributed by atoms with Crippen molar-refractivity contribution in [1.29, 1.82) is 0 Å². The predicted molar refractivity (Wildman–Crippen MR) is 81.2 cm³/mol. The van der Waals surface area contributed by atoms with Crippen molar-refractivity contribution in [2.75, 3.05) is 6.54 Å². The van der Waals surface area contributed by atoms with Crippen molar-refractivity contribution in [3.8, 4) is 0 Å². The van der Waals surface area contributed by atoms with Crippen LogP contribution in [0, 0.1) is 11.8 Å². The summed E-state index contributed by atoms with van der Waals surface area (Å²) in [5.74, 6) is 1.29. The maximum atomic E-state index is 12.9. The summed E-state index contributed by atoms with van der Waals surface area (Å²) in [6.45, 7) is 0.989. The van der Waals surface area contributed by atoms with Crippen molar-refractivity contribution in [3.63, 3.8) is 0 Å². The maximum absolute atomic E-state index is 12.9. The number of hydrogen-bond donors (Lipinski definition) is 1. The van der Waals surface area contributed by atoms with Crippen LogP contribution in [-0.4, -0.2) is 29.4 Å². The summed E-state index contributed by atoms with van der Waals surface area (Å²) in [7, 11) is 0. The third kappa shape index (κ3) is 2.88. The molecule has 3 unspecified atom stereocenters. The molecule has 3 fully saturated rings. The Morgan fingerprint density at radius 1 is 0.850 bits per heavy atom. The Bertz CT molecular complexity index is 338. The van der Waals surface area contributed by atoms with Gasteiger partial charge in [0.2, 0.25) is 5.91 Å². The lowest BCUT2D eigenvalue weighted by atomic mass is 9.81. The minimum Gasteiger partial charge on any atom is -0.339 e. The molecule has 3 nitrogen and oxygen atoms in total. The van der Waals surface area contributed by atoms with Gasteiger partial charge in [-0.3, -0.25) is 4.79 Å². The van der Waals surface area contributed by atoms with Crippen molar-refractivity contribution in [2.24, 2.45) is 17.6 Å². The van der Waals surface area contributed by atoms with E-state index in [4.69, 9.17) is 5.73 Å². The number of likely N-dealkylation sites (tertiary alicyclic amines) is 1. The van der Waals surface area contributed by atoms with Gasteiger partial charge in [-0.15, -0.1) is 0 Å². The fourth-order valence-electron chi connectivity index (χ4n) is 4.75. The van der Waals surface area contributed by atoms with E-state index in [0.29, 0.717) is 11.9 Å². The molecule has 3 aliphatic rings. The number of carbonyl (C=O) groups excluding carboxylic acids is 1. The molecule has 1 aliphatic heterocycles. The van der Waals surface area contributed by atoms with E-state index in [9.17, 15) is 4.79 Å². The van der Waals surface area contributed by atoms with E-state index in [1.807, 2.05) is 0 Å². The van der Waals surface area contributed by atoms with Crippen molar-refractivity contribution < 1.29 is 4.79 Å². The summed E-state index contributed by atoms with van der Waals surface area (Å²) in [6, 6.07) is 0.654. The monoisotopic (exact) mass is 278 g/mol. The molecule has 1 saturated heterocycles. The molecule has 0 aromatic carbocycles. The van der Waals surface area contributed by atoms with Gasteiger partial charge in [-0.2, -0.15) is 0 Å². The van der Waals surface area contributed by atoms with Crippen LogP contribution in [0.3, 0.4) is 0 Å². The van der Waals surface area contributed by atoms with E-state index in [-0.39, 0.29) is 12.0 Å². The van der Waals surface area contributed by atoms with Crippen LogP contribution in [0.15, 0.2) is 0 Å². The highest BCUT2D eigenvalue weighted by atomic mass is 16.2. The third-order valence-electron chi connectivity index (χ3n) is 5.91. The molecule has 2 aliphatic carbocycles. The minimum atomic E-state index is 0.115. The van der Waals surface area contributed by atoms with Gasteiger partial charge >= 0.3 is 0 Å². The first kappa shape index (κ1) is 14.4. The molecule has 1 amide bonds. The Hall–Kier alpha value is -0.570. The predicted octanol–water partition coefficient (Wildman–Crippen LogP) is 3.08. The van der Waals surface area contributed by atoms with Crippen LogP contribution in [0.2, 0.25) is 0 Å². The number of nitrogens with zero attached hydrogens (tertiary/aromatic N) is 1. The molecule has 114 valence electrons. The smallest absolute Gasteiger partial charge is 0.227 e. The van der Waals surface area contributed by atoms with Gasteiger partial charge in [-0.1, -0.05) is 32.1 Å². The van der Waals surface area contributed by atoms with Gasteiger partial charge in [0.15, 0.2) is 0 Å². The second kappa shape index (κ2) is 6.46. The Morgan fingerprint density at radius 3 is 2.30 bits per heavy atom. The first-order valence-electron chi connectivity index (χ1n) is 8.83. The summed E-state index contributed by atoms with van der Waals surface area (Å²) >= 11 is 0. The van der Waals surface area contributed by atoms with Crippen molar-refractivity contribution >= 4 is 5.91 Å². The zero-order valence-electron chi connectivity index (χ0n) is 12.7. The van der Waals surface area contributed by atoms with Crippen molar-refractivity contribution in [3.05, 3.63) is 0 Å². The van der Waals surface area contributed by atoms with Gasteiger partial charge in [-0.05, 0) is 44.4 Å². The first-order chi connectivity index (χ1) is 9.77. The molecule has 3 atom stereocenters. The number of carbonyl (C=O) groups is 1. The van der Waals surface area contributed by atoms with Crippen LogP contribution in [0.5, 0.6) is 0 Å². The molecule has 1 heterocycles. The lowest BCUT2D eigenvalue weighted by molar-refractivity contribution is -0.139. The summed E-state index contributed by atoms with van der Waals surface area (Å²) in [5.41, 5.74) is 6.22. The summed E-state index contributed by atoms with van der Waals surface area (Å²) in [4.78, 5) is 15.2. The molecule has 0 aromatic heterocycles. The summed E-state index contributed by atoms with van der Waals surface area (Å²) < 4.78 is 0. The zero-order chi connectivity index (χ0) is 13.9. The van der Waals surface area contributed by atoms with Crippen LogP contribution < -0.4 is 5.73 Å². The molecule has 0 aromatic rings. The Labute approximate surface area is 123 Å². The number of rotatable bonds is 2. The molecular formula is C17H30N2O. The molecule has 0 radical (unpaired) electrons. The maximum Gasteiger partial charge on any atom is 0.227 e. The van der Waals surface area contributed by atoms with Crippen LogP contribution in [0.1, 0.15) is 70.6 Å². The van der Waals surface area contributed by atoms with E-state index >= 15 is 0 Å². The zero-order valence-corrected chi connectivity index (χ0v) is 12.7. The molecule has 0 spiro atoms. The number of amides is 1. The second-order valence-electron chi connectivity index (χ2n) is 7.19. The highest BCUT2D eigenvalue weighted by molar-refractivity contribution is 5.80. The Morgan fingerprint density at radius 2 is 1.55 bits per heavy atom. The van der Waals surface area contributed by atoms with Crippen LogP contribution >= 0.6 is 0 Å². The molecule has 20 heavy (non-hydrogen) atoms. The average molecular weight is 278 g/mol. The second-order valence-corrected chi connectivity index (χ2v) is 7.19. The van der Waals surface area contributed by atoms with Crippen LogP contribution in [-0.2, 0) is 4.79 Å². The molecule has 2 N–H and O–H groups in total. The van der Waals surface area contributed by atoms with Gasteiger partial charge in [0.1, 0.15) is 0 Å². The standard InChI is InChI=1S/C17H30N2O/c18-15-10-5-4-9-14(15)17(20)19-12-6-11-16(19)13-7-2-1-3-8-13/h13-16H,1-12,18H2. The first-order valence-corrected chi connectivity index (χ1v) is 8.83. The summed E-state index contributed by atoms with van der Waals surface area (Å²) in [6.07, 6.45) is 13.7. The van der Waals surface area contributed by atoms with Gasteiger partial charge in [-0.25, -0.2) is 0 Å². The van der Waals surface area contributed by atoms with E-state index in [1.165, 1.54) is 57.8 Å². The average Bonchev–Trinajstić information content (AvgIpc) is 2.97. The van der Waals surface area contributed by atoms with Gasteiger partial charge in [0.05, 0.1) is 5.92 Å². The SMILES string of the molecule is NC1CCCCC1C(=O)N1CCCC1C1CCCCC1. The van der Waals surface area contributed by atoms with E-state index in [1.54, 1.807) is 0 Å². The van der Waals surface area contributed by atoms with Crippen molar-refractivity contribution in [2.45, 2.75) is 82.7 Å². The third-order valence-corrected chi connectivity index (χ3v) is 5.91. The number of hydrogen-bond acceptors (Lipinski definition) is 2. The lowest BCUT2D eigenvalue weighted by Crippen LogP contribution is -2.49. The Kier molecular flexibility index (Phi) is 4.65. The van der Waals surface area contributed by atoms with Crippen LogP contribution in [0.4, 0.5) is 0 Å². The van der Waals surface area contributed by atoms with Gasteiger partial charge in [0.25, 0.3) is 0 Å². The van der Waals surface area contributed by atoms with E-state index in [2.05, 4.69) is 4.90 Å². The quantitative estimate of drug-likeness (QED) is 0.843. The fraction of sp³-hybridized carbons (Fsp3) is 0.941. The molecule has 3 rings (SSSR count). The van der Waals surface area contributed by atoms with Gasteiger partial charge in [0, 0.05) is 18.6 Å². The molecule has 3 heteroatoms. The normalized spacial score (nSPS) is 36.2. The minimum absolute atomic E-state index is 0.115. The lowest BCUT2D eigenvalue weighted by Gasteiger charge is -2.38. The highest BCUT2D eigenvalue weighted by Crippen LogP contribution is 2.36. The largest absolute Gasteiger partial charge is 0.339 e. The molecule has 2 saturated carbocycles. The topological polar surface area (TPSA) is 46.3 Å². The van der Waals surface area contributed by atoms with E-state index < -0.39 is 0 Å². The Balaban J connectivity index is 1.66. The molecule has 0 bridgehead atoms.